The quantitative estimate of drug-likeness (QED) is 0.846. The smallest absolute Gasteiger partial charge is 0.227 e. The molecule has 3 heteroatoms. The molecule has 1 amide bonds. The lowest BCUT2D eigenvalue weighted by Crippen LogP contribution is -2.23. The third-order valence-corrected chi connectivity index (χ3v) is 3.98. The first-order valence-corrected chi connectivity index (χ1v) is 7.38. The highest BCUT2D eigenvalue weighted by molar-refractivity contribution is 5.95. The third kappa shape index (κ3) is 3.49. The second kappa shape index (κ2) is 6.60. The number of carbonyl (C=O) groups is 1. The van der Waals surface area contributed by atoms with Crippen LogP contribution in [-0.4, -0.2) is 19.0 Å². The van der Waals surface area contributed by atoms with E-state index in [1.807, 2.05) is 17.0 Å². The van der Waals surface area contributed by atoms with Crippen molar-refractivity contribution in [2.24, 2.45) is 5.92 Å². The first-order valence-electron chi connectivity index (χ1n) is 7.38. The summed E-state index contributed by atoms with van der Waals surface area (Å²) in [6, 6.07) is 8.21. The van der Waals surface area contributed by atoms with Gasteiger partial charge in [-0.15, -0.1) is 0 Å². The Bertz CT molecular complexity index is 427. The fourth-order valence-electron chi connectivity index (χ4n) is 2.54. The van der Waals surface area contributed by atoms with Gasteiger partial charge in [0.05, 0.1) is 0 Å². The maximum absolute atomic E-state index is 11.8. The Morgan fingerprint density at radius 1 is 1.32 bits per heavy atom. The van der Waals surface area contributed by atoms with Crippen molar-refractivity contribution in [3.63, 3.8) is 0 Å². The molecule has 0 aromatic heterocycles. The van der Waals surface area contributed by atoms with Gasteiger partial charge in [0.2, 0.25) is 5.91 Å². The first-order chi connectivity index (χ1) is 9.24. The zero-order valence-corrected chi connectivity index (χ0v) is 12.0. The predicted octanol–water partition coefficient (Wildman–Crippen LogP) is 3.66. The Balaban J connectivity index is 2.01. The number of anilines is 2. The van der Waals surface area contributed by atoms with E-state index in [9.17, 15) is 4.79 Å². The maximum Gasteiger partial charge on any atom is 0.227 e. The largest absolute Gasteiger partial charge is 0.385 e. The van der Waals surface area contributed by atoms with E-state index < -0.39 is 0 Å². The number of hydrogen-bond acceptors (Lipinski definition) is 2. The van der Waals surface area contributed by atoms with Crippen LogP contribution < -0.4 is 10.2 Å². The molecule has 1 aliphatic heterocycles. The molecular weight excluding hydrogens is 236 g/mol. The van der Waals surface area contributed by atoms with Crippen LogP contribution in [0, 0.1) is 5.92 Å². The fourth-order valence-corrected chi connectivity index (χ4v) is 2.54. The van der Waals surface area contributed by atoms with E-state index in [-0.39, 0.29) is 5.91 Å². The van der Waals surface area contributed by atoms with E-state index in [4.69, 9.17) is 0 Å². The van der Waals surface area contributed by atoms with E-state index in [1.54, 1.807) is 0 Å². The number of hydrogen-bond donors (Lipinski definition) is 1. The topological polar surface area (TPSA) is 32.3 Å². The summed E-state index contributed by atoms with van der Waals surface area (Å²) in [5.74, 6) is 0.967. The van der Waals surface area contributed by atoms with Gasteiger partial charge in [0.1, 0.15) is 0 Å². The molecule has 3 nitrogen and oxygen atoms in total. The van der Waals surface area contributed by atoms with Gasteiger partial charge in [-0.25, -0.2) is 0 Å². The standard InChI is InChI=1S/C16H24N2O/c1-3-13(4-2)12-17-14-7-5-8-15(11-14)18-10-6-9-16(18)19/h5,7-8,11,13,17H,3-4,6,9-10,12H2,1-2H3. The Labute approximate surface area is 116 Å². The monoisotopic (exact) mass is 260 g/mol. The number of carbonyl (C=O) groups excluding carboxylic acids is 1. The van der Waals surface area contributed by atoms with Crippen LogP contribution in [0.3, 0.4) is 0 Å². The van der Waals surface area contributed by atoms with Gasteiger partial charge in [-0.3, -0.25) is 4.79 Å². The second-order valence-corrected chi connectivity index (χ2v) is 5.26. The number of amides is 1. The van der Waals surface area contributed by atoms with Crippen molar-refractivity contribution < 1.29 is 4.79 Å². The SMILES string of the molecule is CCC(CC)CNc1cccc(N2CCCC2=O)c1. The van der Waals surface area contributed by atoms with Crippen molar-refractivity contribution in [3.05, 3.63) is 24.3 Å². The summed E-state index contributed by atoms with van der Waals surface area (Å²) in [5.41, 5.74) is 2.14. The van der Waals surface area contributed by atoms with Crippen molar-refractivity contribution in [2.75, 3.05) is 23.3 Å². The Morgan fingerprint density at radius 3 is 2.74 bits per heavy atom. The van der Waals surface area contributed by atoms with Crippen molar-refractivity contribution in [2.45, 2.75) is 39.5 Å². The van der Waals surface area contributed by atoms with Crippen LogP contribution >= 0.6 is 0 Å². The lowest BCUT2D eigenvalue weighted by Gasteiger charge is -2.18. The Hall–Kier alpha value is -1.51. The van der Waals surface area contributed by atoms with Crippen LogP contribution in [0.25, 0.3) is 0 Å². The highest BCUT2D eigenvalue weighted by Crippen LogP contribution is 2.24. The summed E-state index contributed by atoms with van der Waals surface area (Å²) in [5, 5.41) is 3.49. The minimum atomic E-state index is 0.247. The lowest BCUT2D eigenvalue weighted by molar-refractivity contribution is -0.117. The molecule has 1 fully saturated rings. The van der Waals surface area contributed by atoms with E-state index >= 15 is 0 Å². The Kier molecular flexibility index (Phi) is 4.83. The van der Waals surface area contributed by atoms with Gasteiger partial charge in [0, 0.05) is 30.9 Å². The van der Waals surface area contributed by atoms with E-state index in [0.29, 0.717) is 6.42 Å². The highest BCUT2D eigenvalue weighted by atomic mass is 16.2. The summed E-state index contributed by atoms with van der Waals surface area (Å²) < 4.78 is 0. The molecule has 1 aromatic rings. The molecule has 1 saturated heterocycles. The third-order valence-electron chi connectivity index (χ3n) is 3.98. The van der Waals surface area contributed by atoms with Gasteiger partial charge in [0.25, 0.3) is 0 Å². The Morgan fingerprint density at radius 2 is 2.11 bits per heavy atom. The summed E-state index contributed by atoms with van der Waals surface area (Å²) in [6.07, 6.45) is 4.07. The fraction of sp³-hybridized carbons (Fsp3) is 0.562. The van der Waals surface area contributed by atoms with Gasteiger partial charge < -0.3 is 10.2 Å². The van der Waals surface area contributed by atoms with Gasteiger partial charge in [-0.2, -0.15) is 0 Å². The van der Waals surface area contributed by atoms with E-state index in [1.165, 1.54) is 12.8 Å². The van der Waals surface area contributed by atoms with Gasteiger partial charge in [0.15, 0.2) is 0 Å². The zero-order chi connectivity index (χ0) is 13.7. The molecule has 0 bridgehead atoms. The summed E-state index contributed by atoms with van der Waals surface area (Å²) in [4.78, 5) is 13.6. The van der Waals surface area contributed by atoms with E-state index in [2.05, 4.69) is 31.3 Å². The summed E-state index contributed by atoms with van der Waals surface area (Å²) in [7, 11) is 0. The van der Waals surface area contributed by atoms with Crippen LogP contribution in [0.1, 0.15) is 39.5 Å². The molecule has 0 radical (unpaired) electrons. The molecule has 0 saturated carbocycles. The maximum atomic E-state index is 11.8. The van der Waals surface area contributed by atoms with Gasteiger partial charge in [-0.1, -0.05) is 32.8 Å². The van der Waals surface area contributed by atoms with Crippen molar-refractivity contribution >= 4 is 17.3 Å². The molecule has 1 N–H and O–H groups in total. The molecule has 0 aliphatic carbocycles. The number of nitrogens with zero attached hydrogens (tertiary/aromatic N) is 1. The zero-order valence-electron chi connectivity index (χ0n) is 12.0. The average molecular weight is 260 g/mol. The molecule has 1 aromatic carbocycles. The molecule has 19 heavy (non-hydrogen) atoms. The minimum absolute atomic E-state index is 0.247. The first kappa shape index (κ1) is 13.9. The van der Waals surface area contributed by atoms with Crippen molar-refractivity contribution in [1.29, 1.82) is 0 Å². The molecular formula is C16H24N2O. The normalized spacial score (nSPS) is 15.3. The van der Waals surface area contributed by atoms with Crippen molar-refractivity contribution in [3.8, 4) is 0 Å². The van der Waals surface area contributed by atoms with Gasteiger partial charge >= 0.3 is 0 Å². The number of nitrogens with one attached hydrogen (secondary N) is 1. The van der Waals surface area contributed by atoms with Crippen LogP contribution in [0.15, 0.2) is 24.3 Å². The van der Waals surface area contributed by atoms with E-state index in [0.717, 1.165) is 36.8 Å². The van der Waals surface area contributed by atoms with Crippen LogP contribution in [0.5, 0.6) is 0 Å². The number of benzene rings is 1. The van der Waals surface area contributed by atoms with Crippen LogP contribution in [0.2, 0.25) is 0 Å². The second-order valence-electron chi connectivity index (χ2n) is 5.26. The molecule has 0 atom stereocenters. The highest BCUT2D eigenvalue weighted by Gasteiger charge is 2.21. The lowest BCUT2D eigenvalue weighted by atomic mass is 10.0. The summed E-state index contributed by atoms with van der Waals surface area (Å²) >= 11 is 0. The van der Waals surface area contributed by atoms with Crippen LogP contribution in [0.4, 0.5) is 11.4 Å². The predicted molar refractivity (Wildman–Crippen MR) is 80.6 cm³/mol. The molecule has 2 rings (SSSR count). The summed E-state index contributed by atoms with van der Waals surface area (Å²) in [6.45, 7) is 6.32. The minimum Gasteiger partial charge on any atom is -0.385 e. The molecule has 104 valence electrons. The molecule has 1 aliphatic rings. The molecule has 0 unspecified atom stereocenters. The molecule has 0 spiro atoms. The van der Waals surface area contributed by atoms with Crippen molar-refractivity contribution in [1.82, 2.24) is 0 Å². The molecule has 1 heterocycles. The average Bonchev–Trinajstić information content (AvgIpc) is 2.86. The number of rotatable bonds is 6. The van der Waals surface area contributed by atoms with Crippen LogP contribution in [-0.2, 0) is 4.79 Å². The van der Waals surface area contributed by atoms with Gasteiger partial charge in [-0.05, 0) is 30.5 Å².